The molecule has 0 aliphatic heterocycles. The Morgan fingerprint density at radius 1 is 1.48 bits per heavy atom. The summed E-state index contributed by atoms with van der Waals surface area (Å²) in [6, 6.07) is 3.47. The first-order valence-corrected chi connectivity index (χ1v) is 6.47. The third kappa shape index (κ3) is 4.76. The van der Waals surface area contributed by atoms with Crippen LogP contribution in [0.2, 0.25) is 0 Å². The van der Waals surface area contributed by atoms with Crippen molar-refractivity contribution in [2.24, 2.45) is 5.73 Å². The number of halogens is 3. The van der Waals surface area contributed by atoms with E-state index in [2.05, 4.69) is 5.32 Å². The number of hydrogen-bond acceptors (Lipinski definition) is 3. The van der Waals surface area contributed by atoms with Gasteiger partial charge in [0.25, 0.3) is 0 Å². The van der Waals surface area contributed by atoms with E-state index in [0.717, 1.165) is 25.0 Å². The number of rotatable bonds is 5. The Morgan fingerprint density at radius 2 is 2.14 bits per heavy atom. The Balaban J connectivity index is 2.90. The molecule has 3 N–H and O–H groups in total. The molecule has 0 heterocycles. The summed E-state index contributed by atoms with van der Waals surface area (Å²) in [7, 11) is 0. The van der Waals surface area contributed by atoms with Crippen LogP contribution in [0.5, 0.6) is 0 Å². The molecule has 0 saturated carbocycles. The number of unbranched alkanes of at least 4 members (excludes halogenated alkanes) is 1. The highest BCUT2D eigenvalue weighted by molar-refractivity contribution is 5.95. The lowest BCUT2D eigenvalue weighted by Crippen LogP contribution is -2.35. The van der Waals surface area contributed by atoms with Gasteiger partial charge < -0.3 is 11.1 Å². The van der Waals surface area contributed by atoms with E-state index in [1.807, 2.05) is 6.92 Å². The Hall–Kier alpha value is -2.07. The fraction of sp³-hybridized carbons (Fsp3) is 0.429. The maximum atomic E-state index is 12.5. The van der Waals surface area contributed by atoms with E-state index in [1.165, 1.54) is 0 Å². The zero-order chi connectivity index (χ0) is 16.0. The first kappa shape index (κ1) is 17.0. The van der Waals surface area contributed by atoms with Crippen LogP contribution in [0.1, 0.15) is 37.3 Å². The van der Waals surface area contributed by atoms with E-state index >= 15 is 0 Å². The van der Waals surface area contributed by atoms with Gasteiger partial charge in [0.15, 0.2) is 0 Å². The summed E-state index contributed by atoms with van der Waals surface area (Å²) in [5, 5.41) is 11.3. The average Bonchev–Trinajstić information content (AvgIpc) is 2.43. The normalized spacial score (nSPS) is 12.6. The predicted octanol–water partition coefficient (Wildman–Crippen LogP) is 3.03. The van der Waals surface area contributed by atoms with Crippen LogP contribution >= 0.6 is 0 Å². The van der Waals surface area contributed by atoms with Gasteiger partial charge in [-0.15, -0.1) is 0 Å². The molecule has 0 saturated heterocycles. The monoisotopic (exact) mass is 299 g/mol. The van der Waals surface area contributed by atoms with Crippen molar-refractivity contribution in [3.05, 3.63) is 29.3 Å². The van der Waals surface area contributed by atoms with E-state index in [1.54, 1.807) is 6.07 Å². The van der Waals surface area contributed by atoms with Gasteiger partial charge in [0, 0.05) is 0 Å². The summed E-state index contributed by atoms with van der Waals surface area (Å²) in [5.41, 5.74) is 4.51. The van der Waals surface area contributed by atoms with Gasteiger partial charge >= 0.3 is 6.18 Å². The highest BCUT2D eigenvalue weighted by Gasteiger charge is 2.31. The largest absolute Gasteiger partial charge is 0.416 e. The molecule has 1 rings (SSSR count). The van der Waals surface area contributed by atoms with E-state index in [-0.39, 0.29) is 11.3 Å². The number of nitrogens with two attached hydrogens (primary N) is 1. The summed E-state index contributed by atoms with van der Waals surface area (Å²) in [4.78, 5) is 11.8. The summed E-state index contributed by atoms with van der Waals surface area (Å²) in [6.07, 6.45) is -2.41. The number of amides is 1. The van der Waals surface area contributed by atoms with Crippen molar-refractivity contribution in [2.45, 2.75) is 38.4 Å². The molecule has 4 nitrogen and oxygen atoms in total. The molecule has 114 valence electrons. The molecular formula is C14H16F3N3O. The topological polar surface area (TPSA) is 78.9 Å². The number of anilines is 1. The van der Waals surface area contributed by atoms with Gasteiger partial charge in [0.1, 0.15) is 6.07 Å². The lowest BCUT2D eigenvalue weighted by Gasteiger charge is -2.14. The van der Waals surface area contributed by atoms with Gasteiger partial charge in [0.05, 0.1) is 22.9 Å². The summed E-state index contributed by atoms with van der Waals surface area (Å²) < 4.78 is 37.6. The van der Waals surface area contributed by atoms with E-state index < -0.39 is 23.7 Å². The Labute approximate surface area is 120 Å². The van der Waals surface area contributed by atoms with Crippen molar-refractivity contribution < 1.29 is 18.0 Å². The Kier molecular flexibility index (Phi) is 5.73. The molecule has 1 amide bonds. The fourth-order valence-corrected chi connectivity index (χ4v) is 1.70. The summed E-state index contributed by atoms with van der Waals surface area (Å²) in [5.74, 6) is -0.514. The number of nitrogens with zero attached hydrogens (tertiary/aromatic N) is 1. The smallest absolute Gasteiger partial charge is 0.324 e. The van der Waals surface area contributed by atoms with Gasteiger partial charge in [-0.05, 0) is 24.6 Å². The molecule has 1 aromatic rings. The van der Waals surface area contributed by atoms with Gasteiger partial charge in [-0.1, -0.05) is 19.8 Å². The molecule has 0 aromatic heterocycles. The number of hydrogen-bond donors (Lipinski definition) is 2. The quantitative estimate of drug-likeness (QED) is 0.877. The lowest BCUT2D eigenvalue weighted by molar-refractivity contribution is -0.137. The second-order valence-electron chi connectivity index (χ2n) is 4.61. The minimum Gasteiger partial charge on any atom is -0.324 e. The molecular weight excluding hydrogens is 283 g/mol. The zero-order valence-electron chi connectivity index (χ0n) is 11.5. The Morgan fingerprint density at radius 3 is 2.67 bits per heavy atom. The maximum absolute atomic E-state index is 12.5. The van der Waals surface area contributed by atoms with Crippen LogP contribution in [0.4, 0.5) is 18.9 Å². The number of alkyl halides is 3. The number of nitrogens with one attached hydrogen (secondary N) is 1. The summed E-state index contributed by atoms with van der Waals surface area (Å²) in [6.45, 7) is 1.95. The van der Waals surface area contributed by atoms with Crippen molar-refractivity contribution in [1.29, 1.82) is 5.26 Å². The van der Waals surface area contributed by atoms with Crippen molar-refractivity contribution in [3.8, 4) is 6.07 Å². The van der Waals surface area contributed by atoms with Crippen LogP contribution in [-0.4, -0.2) is 11.9 Å². The molecule has 1 unspecified atom stereocenters. The number of nitriles is 1. The number of carbonyl (C=O) groups is 1. The summed E-state index contributed by atoms with van der Waals surface area (Å²) >= 11 is 0. The van der Waals surface area contributed by atoms with Crippen LogP contribution in [0.15, 0.2) is 18.2 Å². The molecule has 1 aromatic carbocycles. The molecule has 0 radical (unpaired) electrons. The highest BCUT2D eigenvalue weighted by Crippen LogP contribution is 2.31. The van der Waals surface area contributed by atoms with Crippen LogP contribution in [0.3, 0.4) is 0 Å². The van der Waals surface area contributed by atoms with Crippen molar-refractivity contribution >= 4 is 11.6 Å². The van der Waals surface area contributed by atoms with Gasteiger partial charge in [0.2, 0.25) is 5.91 Å². The molecule has 21 heavy (non-hydrogen) atoms. The molecule has 0 aliphatic carbocycles. The average molecular weight is 299 g/mol. The number of carbonyl (C=O) groups excluding carboxylic acids is 1. The fourth-order valence-electron chi connectivity index (χ4n) is 1.70. The molecule has 0 bridgehead atoms. The van der Waals surface area contributed by atoms with Crippen molar-refractivity contribution in [3.63, 3.8) is 0 Å². The lowest BCUT2D eigenvalue weighted by atomic mass is 10.1. The standard InChI is InChI=1S/C14H16F3N3O/c1-2-3-4-11(19)13(21)20-12-6-5-10(14(15,16)17)7-9(12)8-18/h5-7,11H,2-4,19H2,1H3,(H,20,21). The molecule has 1 atom stereocenters. The van der Waals surface area contributed by atoms with Gasteiger partial charge in [-0.25, -0.2) is 0 Å². The third-order valence-electron chi connectivity index (χ3n) is 2.93. The first-order chi connectivity index (χ1) is 9.79. The van der Waals surface area contributed by atoms with Crippen LogP contribution in [-0.2, 0) is 11.0 Å². The van der Waals surface area contributed by atoms with E-state index in [4.69, 9.17) is 11.0 Å². The van der Waals surface area contributed by atoms with Crippen molar-refractivity contribution in [1.82, 2.24) is 0 Å². The Bertz CT molecular complexity index is 549. The maximum Gasteiger partial charge on any atom is 0.416 e. The van der Waals surface area contributed by atoms with Crippen LogP contribution < -0.4 is 11.1 Å². The van der Waals surface area contributed by atoms with Gasteiger partial charge in [-0.3, -0.25) is 4.79 Å². The minimum absolute atomic E-state index is 0.0300. The van der Waals surface area contributed by atoms with Crippen molar-refractivity contribution in [2.75, 3.05) is 5.32 Å². The van der Waals surface area contributed by atoms with Crippen LogP contribution in [0.25, 0.3) is 0 Å². The minimum atomic E-state index is -4.54. The third-order valence-corrected chi connectivity index (χ3v) is 2.93. The zero-order valence-corrected chi connectivity index (χ0v) is 11.5. The highest BCUT2D eigenvalue weighted by atomic mass is 19.4. The van der Waals surface area contributed by atoms with E-state index in [9.17, 15) is 18.0 Å². The predicted molar refractivity (Wildman–Crippen MR) is 72.3 cm³/mol. The van der Waals surface area contributed by atoms with Crippen LogP contribution in [0, 0.1) is 11.3 Å². The second kappa shape index (κ2) is 7.09. The molecule has 0 aliphatic rings. The molecule has 0 spiro atoms. The first-order valence-electron chi connectivity index (χ1n) is 6.47. The molecule has 7 heteroatoms. The second-order valence-corrected chi connectivity index (χ2v) is 4.61. The number of benzene rings is 1. The SMILES string of the molecule is CCCCC(N)C(=O)Nc1ccc(C(F)(F)F)cc1C#N. The molecule has 0 fully saturated rings. The van der Waals surface area contributed by atoms with Gasteiger partial charge in [-0.2, -0.15) is 18.4 Å². The van der Waals surface area contributed by atoms with E-state index in [0.29, 0.717) is 12.5 Å².